The number of nitrogen functional groups attached to an aromatic ring is 1. The zero-order valence-corrected chi connectivity index (χ0v) is 41.5. The van der Waals surface area contributed by atoms with Gasteiger partial charge in [-0.15, -0.1) is 0 Å². The summed E-state index contributed by atoms with van der Waals surface area (Å²) >= 11 is 0. The van der Waals surface area contributed by atoms with Crippen molar-refractivity contribution >= 4 is 41.8 Å². The Morgan fingerprint density at radius 2 is 0.853 bits per heavy atom. The van der Waals surface area contributed by atoms with E-state index in [2.05, 4.69) is 67.4 Å². The van der Waals surface area contributed by atoms with Crippen molar-refractivity contribution in [3.8, 4) is 0 Å². The molecule has 1 aromatic heterocycles. The van der Waals surface area contributed by atoms with Gasteiger partial charge in [0.1, 0.15) is 0 Å². The van der Waals surface area contributed by atoms with Gasteiger partial charge >= 0.3 is 35.8 Å². The van der Waals surface area contributed by atoms with Crippen LogP contribution in [0.4, 0.5) is 0 Å². The summed E-state index contributed by atoms with van der Waals surface area (Å²) in [5, 5.41) is 45.5. The molecule has 8 atom stereocenters. The lowest BCUT2D eigenvalue weighted by Gasteiger charge is -2.19. The molecule has 28 heteroatoms. The Balaban J connectivity index is -0.000000381. The van der Waals surface area contributed by atoms with Gasteiger partial charge in [0.05, 0.1) is 78.3 Å². The Bertz CT molecular complexity index is 1400. The smallest absolute Gasteiger partial charge is 0.338 e. The number of carbonyl (C=O) groups excluding carboxylic acids is 4. The molecule has 0 aliphatic rings. The van der Waals surface area contributed by atoms with Crippen molar-refractivity contribution in [1.82, 2.24) is 31.7 Å². The van der Waals surface area contributed by atoms with E-state index in [9.17, 15) is 19.2 Å². The largest absolute Gasteiger partial charge is 0.469 e. The first-order valence-corrected chi connectivity index (χ1v) is 22.3. The molecule has 0 bridgehead atoms. The van der Waals surface area contributed by atoms with Crippen molar-refractivity contribution < 1.29 is 80.4 Å². The number of guanidine groups is 2. The molecule has 0 saturated heterocycles. The number of methoxy groups -OCH3 is 4. The number of hydrogen-bond acceptors (Lipinski definition) is 18. The van der Waals surface area contributed by atoms with Gasteiger partial charge in [-0.25, -0.2) is 26.6 Å². The van der Waals surface area contributed by atoms with E-state index < -0.39 is 11.8 Å². The number of hydrogen-bond donors (Lipinski definition) is 18. The Hall–Kier alpha value is -5.30. The SMILES string of the molecule is COC(=O)C(CCCC[NH3+])C(C)NO.COC(=O)C(CCCC[NH3+])C(C)NO.COC(=O)C(CCC[NH+]=C(N)N)C(C)NO.COC(=O)C(CCC[NH+]=C(N)N)C(C)NO.N=C(N)n1cccn1. The Morgan fingerprint density at radius 1 is 0.574 bits per heavy atom. The van der Waals surface area contributed by atoms with Gasteiger partial charge in [-0.1, -0.05) is 0 Å². The summed E-state index contributed by atoms with van der Waals surface area (Å²) in [6.45, 7) is 9.82. The van der Waals surface area contributed by atoms with E-state index in [1.165, 1.54) is 33.1 Å². The fraction of sp³-hybridized carbons (Fsp3) is 0.750. The van der Waals surface area contributed by atoms with Gasteiger partial charge in [-0.2, -0.15) is 5.10 Å². The molecule has 1 heterocycles. The number of rotatable bonds is 28. The van der Waals surface area contributed by atoms with Gasteiger partial charge in [0.15, 0.2) is 0 Å². The van der Waals surface area contributed by atoms with Crippen LogP contribution < -0.4 is 72.0 Å². The van der Waals surface area contributed by atoms with Crippen molar-refractivity contribution in [1.29, 1.82) is 5.41 Å². The van der Waals surface area contributed by atoms with Crippen molar-refractivity contribution in [3.05, 3.63) is 18.5 Å². The minimum Gasteiger partial charge on any atom is -0.469 e. The maximum absolute atomic E-state index is 11.4. The van der Waals surface area contributed by atoms with Gasteiger partial charge in [0.2, 0.25) is 5.96 Å². The number of carbonyl (C=O) groups is 4. The second-order valence-electron chi connectivity index (χ2n) is 15.3. The first-order valence-electron chi connectivity index (χ1n) is 22.3. The number of nitrogens with zero attached hydrogens (tertiary/aromatic N) is 2. The van der Waals surface area contributed by atoms with Crippen LogP contribution in [-0.4, -0.2) is 151 Å². The van der Waals surface area contributed by atoms with Gasteiger partial charge in [-0.05, 0) is 98.0 Å². The van der Waals surface area contributed by atoms with E-state index >= 15 is 0 Å². The van der Waals surface area contributed by atoms with Gasteiger partial charge in [0.25, 0.3) is 0 Å². The van der Waals surface area contributed by atoms with Gasteiger partial charge in [0, 0.05) is 36.6 Å². The highest BCUT2D eigenvalue weighted by Gasteiger charge is 2.27. The molecule has 28 nitrogen and oxygen atoms in total. The Kier molecular flexibility index (Phi) is 46.3. The molecule has 0 fully saturated rings. The molecule has 1 rings (SSSR count). The standard InChI is InChI=1S/2C9H20N4O3.2C9H20N2O3.C4H6N4/c2*1-6(13-15)7(8(14)16-2)4-3-5-12-9(10)11;2*1-7(11-13)8(9(12)14-2)5-3-4-6-10;5-4(6)8-3-1-2-7-8/h2*6-7,13,15H,3-5H2,1-2H3,(H4,10,11,12);2*7-8,11,13H,3-6,10H2,1-2H3;1-3H,(H3,5,6)/p+4. The minimum atomic E-state index is -0.393. The van der Waals surface area contributed by atoms with Gasteiger partial charge in [-0.3, -0.25) is 57.5 Å². The lowest BCUT2D eigenvalue weighted by molar-refractivity contribution is -0.460. The normalized spacial score (nSPS) is 13.7. The average Bonchev–Trinajstić information content (AvgIpc) is 3.89. The molecule has 0 aromatic carbocycles. The molecule has 0 saturated carbocycles. The first kappa shape index (κ1) is 69.3. The molecular weight excluding hydrogens is 897 g/mol. The fourth-order valence-electron chi connectivity index (χ4n) is 5.86. The van der Waals surface area contributed by atoms with E-state index in [4.69, 9.17) is 54.9 Å². The number of nitrogens with two attached hydrogens (primary N) is 5. The maximum atomic E-state index is 11.4. The number of quaternary nitrogens is 2. The predicted octanol–water partition coefficient (Wildman–Crippen LogP) is -6.71. The molecule has 0 amide bonds. The maximum Gasteiger partial charge on any atom is 0.338 e. The van der Waals surface area contributed by atoms with E-state index in [0.29, 0.717) is 38.8 Å². The second kappa shape index (κ2) is 45.5. The Labute approximate surface area is 400 Å². The molecule has 1 aromatic rings. The number of nitrogens with one attached hydrogen (secondary N) is 7. The van der Waals surface area contributed by atoms with E-state index in [0.717, 1.165) is 51.6 Å². The monoisotopic (exact) mass is 987 g/mol. The van der Waals surface area contributed by atoms with Crippen molar-refractivity contribution in [2.75, 3.05) is 54.6 Å². The number of esters is 4. The summed E-state index contributed by atoms with van der Waals surface area (Å²) in [4.78, 5) is 50.9. The lowest BCUT2D eigenvalue weighted by atomic mass is 9.95. The fourth-order valence-corrected chi connectivity index (χ4v) is 5.86. The molecule has 0 spiro atoms. The number of ether oxygens (including phenoxy) is 4. The van der Waals surface area contributed by atoms with Crippen LogP contribution >= 0.6 is 0 Å². The lowest BCUT2D eigenvalue weighted by Crippen LogP contribution is -2.78. The molecule has 0 aliphatic heterocycles. The van der Waals surface area contributed by atoms with Crippen LogP contribution in [0.2, 0.25) is 0 Å². The zero-order valence-electron chi connectivity index (χ0n) is 41.5. The molecule has 68 heavy (non-hydrogen) atoms. The highest BCUT2D eigenvalue weighted by Crippen LogP contribution is 2.16. The minimum absolute atomic E-state index is 0.0602. The van der Waals surface area contributed by atoms with Crippen LogP contribution in [0.25, 0.3) is 0 Å². The van der Waals surface area contributed by atoms with Crippen molar-refractivity contribution in [2.45, 2.75) is 116 Å². The van der Waals surface area contributed by atoms with Crippen molar-refractivity contribution in [2.24, 2.45) is 52.3 Å². The predicted molar refractivity (Wildman–Crippen MR) is 249 cm³/mol. The van der Waals surface area contributed by atoms with Gasteiger partial charge < -0.3 is 57.0 Å². The average molecular weight is 987 g/mol. The number of hydroxylamine groups is 4. The molecule has 0 aliphatic carbocycles. The highest BCUT2D eigenvalue weighted by molar-refractivity contribution is 5.76. The summed E-state index contributed by atoms with van der Waals surface area (Å²) in [6, 6.07) is 0.458. The van der Waals surface area contributed by atoms with Crippen molar-refractivity contribution in [3.63, 3.8) is 0 Å². The summed E-state index contributed by atoms with van der Waals surface area (Å²) in [5.41, 5.74) is 41.7. The molecule has 8 unspecified atom stereocenters. The third-order valence-electron chi connectivity index (χ3n) is 10.1. The molecular formula is C40H90N16O12+4. The quantitative estimate of drug-likeness (QED) is 0.00926. The van der Waals surface area contributed by atoms with Crippen LogP contribution in [-0.2, 0) is 38.1 Å². The second-order valence-corrected chi connectivity index (χ2v) is 15.3. The summed E-state index contributed by atoms with van der Waals surface area (Å²) in [7, 11) is 5.37. The summed E-state index contributed by atoms with van der Waals surface area (Å²) < 4.78 is 19.9. The third-order valence-corrected chi connectivity index (χ3v) is 10.1. The van der Waals surface area contributed by atoms with Crippen LogP contribution in [0.15, 0.2) is 18.5 Å². The van der Waals surface area contributed by atoms with Crippen LogP contribution in [0.1, 0.15) is 91.9 Å². The zero-order chi connectivity index (χ0) is 53.0. The van der Waals surface area contributed by atoms with Crippen LogP contribution in [0, 0.1) is 29.1 Å². The van der Waals surface area contributed by atoms with Crippen LogP contribution in [0.5, 0.6) is 0 Å². The third kappa shape index (κ3) is 35.8. The molecule has 0 radical (unpaired) electrons. The van der Waals surface area contributed by atoms with E-state index in [1.807, 2.05) is 0 Å². The number of aromatic nitrogens is 2. The Morgan fingerprint density at radius 3 is 1.03 bits per heavy atom. The van der Waals surface area contributed by atoms with E-state index in [-0.39, 0.29) is 77.8 Å². The highest BCUT2D eigenvalue weighted by atomic mass is 16.5. The first-order chi connectivity index (χ1) is 32.2. The topological polar surface area (TPSA) is 489 Å². The number of unbranched alkanes of at least 4 members (excludes halogenated alkanes) is 2. The van der Waals surface area contributed by atoms with E-state index in [1.54, 1.807) is 46.2 Å². The van der Waals surface area contributed by atoms with Crippen LogP contribution in [0.3, 0.4) is 0 Å². The molecule has 27 N–H and O–H groups in total. The summed E-state index contributed by atoms with van der Waals surface area (Å²) in [6.07, 6.45) is 11.0. The summed E-state index contributed by atoms with van der Waals surface area (Å²) in [5.74, 6) is -2.34. The molecule has 398 valence electrons.